The molecule has 0 unspecified atom stereocenters. The van der Waals surface area contributed by atoms with Crippen LogP contribution >= 0.6 is 15.9 Å². The molecule has 0 heterocycles. The van der Waals surface area contributed by atoms with E-state index < -0.39 is 15.8 Å². The van der Waals surface area contributed by atoms with Crippen LogP contribution in [0.25, 0.3) is 0 Å². The minimum atomic E-state index is -3.54. The third-order valence-corrected chi connectivity index (χ3v) is 4.44. The fourth-order valence-corrected chi connectivity index (χ4v) is 3.28. The molecule has 0 saturated heterocycles. The van der Waals surface area contributed by atoms with Gasteiger partial charge in [-0.05, 0) is 40.5 Å². The summed E-state index contributed by atoms with van der Waals surface area (Å²) in [6.45, 7) is 2.37. The second kappa shape index (κ2) is 5.75. The monoisotopic (exact) mass is 309 g/mol. The van der Waals surface area contributed by atoms with E-state index in [1.807, 2.05) is 6.92 Å². The summed E-state index contributed by atoms with van der Waals surface area (Å²) >= 11 is 3.03. The summed E-state index contributed by atoms with van der Waals surface area (Å²) in [5.41, 5.74) is 0. The summed E-state index contributed by atoms with van der Waals surface area (Å²) in [4.78, 5) is 0.0602. The number of benzene rings is 1. The number of sulfonamides is 1. The van der Waals surface area contributed by atoms with Gasteiger partial charge < -0.3 is 0 Å². The average Bonchev–Trinajstić information content (AvgIpc) is 2.17. The predicted octanol–water partition coefficient (Wildman–Crippen LogP) is 2.67. The molecule has 0 aliphatic rings. The number of unbranched alkanes of at least 4 members (excludes halogenated alkanes) is 1. The first-order valence-electron chi connectivity index (χ1n) is 4.92. The van der Waals surface area contributed by atoms with E-state index in [0.717, 1.165) is 25.0 Å². The topological polar surface area (TPSA) is 46.2 Å². The molecule has 0 radical (unpaired) electrons. The van der Waals surface area contributed by atoms with Gasteiger partial charge in [0.15, 0.2) is 0 Å². The molecule has 0 fully saturated rings. The van der Waals surface area contributed by atoms with E-state index in [1.165, 1.54) is 6.07 Å². The Morgan fingerprint density at radius 1 is 1.44 bits per heavy atom. The van der Waals surface area contributed by atoms with Gasteiger partial charge in [-0.2, -0.15) is 0 Å². The SMILES string of the molecule is CCCCNS(=O)(=O)c1ccc(F)cc1Br. The van der Waals surface area contributed by atoms with E-state index in [9.17, 15) is 12.8 Å². The maximum absolute atomic E-state index is 12.8. The van der Waals surface area contributed by atoms with Crippen molar-refractivity contribution < 1.29 is 12.8 Å². The van der Waals surface area contributed by atoms with Crippen LogP contribution in [0.5, 0.6) is 0 Å². The van der Waals surface area contributed by atoms with Gasteiger partial charge in [-0.3, -0.25) is 0 Å². The van der Waals surface area contributed by atoms with Crippen LogP contribution in [0.4, 0.5) is 4.39 Å². The van der Waals surface area contributed by atoms with Crippen molar-refractivity contribution in [2.24, 2.45) is 0 Å². The molecule has 1 rings (SSSR count). The van der Waals surface area contributed by atoms with Crippen LogP contribution in [-0.2, 0) is 10.0 Å². The summed E-state index contributed by atoms with van der Waals surface area (Å²) in [6.07, 6.45) is 1.69. The van der Waals surface area contributed by atoms with Gasteiger partial charge in [0, 0.05) is 11.0 Å². The highest BCUT2D eigenvalue weighted by Gasteiger charge is 2.16. The van der Waals surface area contributed by atoms with Crippen molar-refractivity contribution in [3.05, 3.63) is 28.5 Å². The molecule has 1 aromatic rings. The van der Waals surface area contributed by atoms with Crippen LogP contribution < -0.4 is 4.72 Å². The highest BCUT2D eigenvalue weighted by atomic mass is 79.9. The molecule has 0 spiro atoms. The van der Waals surface area contributed by atoms with Crippen molar-refractivity contribution in [1.29, 1.82) is 0 Å². The lowest BCUT2D eigenvalue weighted by Crippen LogP contribution is -2.25. The van der Waals surface area contributed by atoms with Crippen LogP contribution in [0.3, 0.4) is 0 Å². The first-order chi connectivity index (χ1) is 7.47. The van der Waals surface area contributed by atoms with Gasteiger partial charge in [-0.1, -0.05) is 13.3 Å². The first kappa shape index (κ1) is 13.6. The first-order valence-corrected chi connectivity index (χ1v) is 7.19. The molecule has 0 amide bonds. The second-order valence-corrected chi connectivity index (χ2v) is 5.92. The fourth-order valence-electron chi connectivity index (χ4n) is 1.15. The molecule has 0 saturated carbocycles. The summed E-state index contributed by atoms with van der Waals surface area (Å²) in [7, 11) is -3.54. The van der Waals surface area contributed by atoms with Gasteiger partial charge in [0.05, 0.1) is 4.90 Å². The van der Waals surface area contributed by atoms with E-state index in [-0.39, 0.29) is 9.37 Å². The molecule has 0 aliphatic carbocycles. The minimum Gasteiger partial charge on any atom is -0.211 e. The van der Waals surface area contributed by atoms with E-state index in [4.69, 9.17) is 0 Å². The maximum atomic E-state index is 12.8. The predicted molar refractivity (Wildman–Crippen MR) is 64.2 cm³/mol. The molecule has 1 aromatic carbocycles. The van der Waals surface area contributed by atoms with Gasteiger partial charge >= 0.3 is 0 Å². The third kappa shape index (κ3) is 3.54. The van der Waals surface area contributed by atoms with Crippen LogP contribution in [0, 0.1) is 5.82 Å². The lowest BCUT2D eigenvalue weighted by atomic mass is 10.3. The summed E-state index contributed by atoms with van der Waals surface area (Å²) < 4.78 is 39.0. The molecular weight excluding hydrogens is 297 g/mol. The van der Waals surface area contributed by atoms with Gasteiger partial charge in [0.2, 0.25) is 10.0 Å². The molecule has 1 N–H and O–H groups in total. The summed E-state index contributed by atoms with van der Waals surface area (Å²) in [6, 6.07) is 3.50. The zero-order valence-corrected chi connectivity index (χ0v) is 11.2. The lowest BCUT2D eigenvalue weighted by Gasteiger charge is -2.07. The van der Waals surface area contributed by atoms with Crippen molar-refractivity contribution in [1.82, 2.24) is 4.72 Å². The molecule has 3 nitrogen and oxygen atoms in total. The quantitative estimate of drug-likeness (QED) is 0.850. The van der Waals surface area contributed by atoms with Gasteiger partial charge in [-0.25, -0.2) is 17.5 Å². The van der Waals surface area contributed by atoms with E-state index in [2.05, 4.69) is 20.7 Å². The largest absolute Gasteiger partial charge is 0.241 e. The molecular formula is C10H13BrFNO2S. The lowest BCUT2D eigenvalue weighted by molar-refractivity contribution is 0.577. The van der Waals surface area contributed by atoms with Crippen LogP contribution in [0.2, 0.25) is 0 Å². The van der Waals surface area contributed by atoms with Crippen molar-refractivity contribution >= 4 is 26.0 Å². The Balaban J connectivity index is 2.90. The normalized spacial score (nSPS) is 11.7. The molecule has 0 atom stereocenters. The van der Waals surface area contributed by atoms with Gasteiger partial charge in [-0.15, -0.1) is 0 Å². The van der Waals surface area contributed by atoms with Crippen LogP contribution in [0.15, 0.2) is 27.6 Å². The summed E-state index contributed by atoms with van der Waals surface area (Å²) in [5, 5.41) is 0. The highest BCUT2D eigenvalue weighted by Crippen LogP contribution is 2.22. The standard InChI is InChI=1S/C10H13BrFNO2S/c1-2-3-6-13-16(14,15)10-5-4-8(12)7-9(10)11/h4-5,7,13H,2-3,6H2,1H3. The molecule has 6 heteroatoms. The molecule has 0 aliphatic heterocycles. The Morgan fingerprint density at radius 3 is 2.69 bits per heavy atom. The van der Waals surface area contributed by atoms with Crippen molar-refractivity contribution in [2.75, 3.05) is 6.54 Å². The average molecular weight is 310 g/mol. The molecule has 16 heavy (non-hydrogen) atoms. The van der Waals surface area contributed by atoms with Crippen molar-refractivity contribution in [3.8, 4) is 0 Å². The minimum absolute atomic E-state index is 0.0602. The van der Waals surface area contributed by atoms with Crippen molar-refractivity contribution in [3.63, 3.8) is 0 Å². The van der Waals surface area contributed by atoms with Crippen LogP contribution in [-0.4, -0.2) is 15.0 Å². The Bertz CT molecular complexity index is 462. The third-order valence-electron chi connectivity index (χ3n) is 2.01. The van der Waals surface area contributed by atoms with E-state index in [0.29, 0.717) is 6.54 Å². The Hall–Kier alpha value is -0.460. The Morgan fingerprint density at radius 2 is 2.12 bits per heavy atom. The molecule has 0 bridgehead atoms. The number of hydrogen-bond donors (Lipinski definition) is 1. The second-order valence-electron chi connectivity index (χ2n) is 3.33. The molecule has 0 aromatic heterocycles. The fraction of sp³-hybridized carbons (Fsp3) is 0.400. The summed E-state index contributed by atoms with van der Waals surface area (Å²) in [5.74, 6) is -0.473. The number of hydrogen-bond acceptors (Lipinski definition) is 2. The van der Waals surface area contributed by atoms with E-state index >= 15 is 0 Å². The van der Waals surface area contributed by atoms with Crippen molar-refractivity contribution in [2.45, 2.75) is 24.7 Å². The number of nitrogens with one attached hydrogen (secondary N) is 1. The van der Waals surface area contributed by atoms with Gasteiger partial charge in [0.25, 0.3) is 0 Å². The number of rotatable bonds is 5. The molecule has 90 valence electrons. The Kier molecular flexibility index (Phi) is 4.89. The van der Waals surface area contributed by atoms with Crippen LogP contribution in [0.1, 0.15) is 19.8 Å². The Labute approximate surface area is 103 Å². The smallest absolute Gasteiger partial charge is 0.211 e. The van der Waals surface area contributed by atoms with Gasteiger partial charge in [0.1, 0.15) is 5.82 Å². The maximum Gasteiger partial charge on any atom is 0.241 e. The number of halogens is 2. The van der Waals surface area contributed by atoms with E-state index in [1.54, 1.807) is 0 Å². The highest BCUT2D eigenvalue weighted by molar-refractivity contribution is 9.10. The zero-order chi connectivity index (χ0) is 12.2. The zero-order valence-electron chi connectivity index (χ0n) is 8.83.